The van der Waals surface area contributed by atoms with Crippen molar-refractivity contribution in [1.82, 2.24) is 25.8 Å². The average molecular weight is 813 g/mol. The Hall–Kier alpha value is -6.14. The predicted molar refractivity (Wildman–Crippen MR) is 206 cm³/mol. The molecule has 0 spiro atoms. The molecular formula is C39H52N6O13. The van der Waals surface area contributed by atoms with Gasteiger partial charge in [0.2, 0.25) is 23.6 Å². The van der Waals surface area contributed by atoms with Crippen LogP contribution in [0.2, 0.25) is 0 Å². The molecular weight excluding hydrogens is 760 g/mol. The summed E-state index contributed by atoms with van der Waals surface area (Å²) in [7, 11) is 1.16. The number of allylic oxidation sites excluding steroid dienone is 1. The molecule has 1 aromatic rings. The van der Waals surface area contributed by atoms with Crippen LogP contribution in [0.3, 0.4) is 0 Å². The van der Waals surface area contributed by atoms with Crippen LogP contribution in [-0.4, -0.2) is 123 Å². The summed E-state index contributed by atoms with van der Waals surface area (Å²) < 4.78 is 4.58. The van der Waals surface area contributed by atoms with E-state index in [1.807, 2.05) is 13.8 Å². The minimum absolute atomic E-state index is 0.0199. The fourth-order valence-electron chi connectivity index (χ4n) is 6.76. The highest BCUT2D eigenvalue weighted by molar-refractivity contribution is 6.01. The van der Waals surface area contributed by atoms with Crippen LogP contribution in [-0.2, 0) is 33.5 Å². The van der Waals surface area contributed by atoms with Gasteiger partial charge in [0.15, 0.2) is 0 Å². The molecule has 2 heterocycles. The number of likely N-dealkylation sites (tertiary alicyclic amines) is 2. The monoisotopic (exact) mass is 812 g/mol. The number of ether oxygens (including phenoxy) is 1. The normalized spacial score (nSPS) is 18.4. The predicted octanol–water partition coefficient (Wildman–Crippen LogP) is 2.20. The Morgan fingerprint density at radius 1 is 0.966 bits per heavy atom. The first-order valence-electron chi connectivity index (χ1n) is 18.7. The molecule has 2 saturated heterocycles. The van der Waals surface area contributed by atoms with Crippen molar-refractivity contribution in [2.75, 3.05) is 20.2 Å². The van der Waals surface area contributed by atoms with Gasteiger partial charge in [0.05, 0.1) is 17.6 Å². The number of nitrogens with zero attached hydrogens (tertiary/aromatic N) is 3. The molecule has 2 fully saturated rings. The zero-order valence-corrected chi connectivity index (χ0v) is 33.4. The van der Waals surface area contributed by atoms with Gasteiger partial charge in [-0.05, 0) is 55.9 Å². The Morgan fingerprint density at radius 2 is 1.62 bits per heavy atom. The van der Waals surface area contributed by atoms with Gasteiger partial charge < -0.3 is 40.7 Å². The number of non-ortho nitro benzene ring substituents is 1. The number of esters is 1. The van der Waals surface area contributed by atoms with E-state index in [-0.39, 0.29) is 51.1 Å². The van der Waals surface area contributed by atoms with E-state index in [1.165, 1.54) is 15.9 Å². The summed E-state index contributed by atoms with van der Waals surface area (Å²) in [6.07, 6.45) is 3.35. The molecule has 19 nitrogen and oxygen atoms in total. The number of hydrogen-bond donors (Lipinski definition) is 5. The Balaban J connectivity index is 1.91. The number of nitro groups is 1. The quantitative estimate of drug-likeness (QED) is 0.0497. The second-order valence-electron chi connectivity index (χ2n) is 15.8. The SMILES string of the molecule is C=C1C[C@@H](C(=O)NC(CC(C)C)C(=O)N2CCC[C@H]2C(=O)O)N(C(=O)C(NC(=O)C(CC/C=C/C(=O)OC)NC(=O)c2cc(C(=O)O)cc([N+](=O)[O-])c2)C(C)(C)C)C1. The second-order valence-corrected chi connectivity index (χ2v) is 15.8. The van der Waals surface area contributed by atoms with Gasteiger partial charge in [0.1, 0.15) is 30.2 Å². The third-order valence-corrected chi connectivity index (χ3v) is 9.72. The minimum Gasteiger partial charge on any atom is -0.480 e. The maximum Gasteiger partial charge on any atom is 0.335 e. The number of carboxylic acid groups (broad SMARTS) is 2. The molecule has 19 heteroatoms. The van der Waals surface area contributed by atoms with Crippen molar-refractivity contribution in [2.45, 2.75) is 103 Å². The van der Waals surface area contributed by atoms with Crippen molar-refractivity contribution < 1.29 is 58.2 Å². The molecule has 0 bridgehead atoms. The zero-order chi connectivity index (χ0) is 43.6. The zero-order valence-electron chi connectivity index (χ0n) is 33.4. The third kappa shape index (κ3) is 12.2. The van der Waals surface area contributed by atoms with E-state index in [1.54, 1.807) is 20.8 Å². The summed E-state index contributed by atoms with van der Waals surface area (Å²) in [6.45, 7) is 12.8. The summed E-state index contributed by atoms with van der Waals surface area (Å²) in [4.78, 5) is 118. The summed E-state index contributed by atoms with van der Waals surface area (Å²) in [5, 5.41) is 38.5. The van der Waals surface area contributed by atoms with Crippen molar-refractivity contribution in [1.29, 1.82) is 0 Å². The molecule has 0 radical (unpaired) electrons. The number of aromatic carboxylic acids is 1. The first kappa shape index (κ1) is 46.2. The van der Waals surface area contributed by atoms with Crippen molar-refractivity contribution in [2.24, 2.45) is 11.3 Å². The molecule has 0 aromatic heterocycles. The molecule has 0 saturated carbocycles. The average Bonchev–Trinajstić information content (AvgIpc) is 3.80. The number of amides is 5. The summed E-state index contributed by atoms with van der Waals surface area (Å²) in [5.41, 5.74) is -2.15. The highest BCUT2D eigenvalue weighted by Crippen LogP contribution is 2.29. The number of aliphatic carboxylic acids is 1. The highest BCUT2D eigenvalue weighted by Gasteiger charge is 2.45. The molecule has 58 heavy (non-hydrogen) atoms. The van der Waals surface area contributed by atoms with E-state index < -0.39 is 105 Å². The molecule has 316 valence electrons. The van der Waals surface area contributed by atoms with Crippen LogP contribution < -0.4 is 16.0 Å². The van der Waals surface area contributed by atoms with E-state index in [9.17, 15) is 58.7 Å². The van der Waals surface area contributed by atoms with Crippen LogP contribution >= 0.6 is 0 Å². The molecule has 5 amide bonds. The van der Waals surface area contributed by atoms with E-state index in [4.69, 9.17) is 0 Å². The lowest BCUT2D eigenvalue weighted by Crippen LogP contribution is -2.61. The molecule has 3 unspecified atom stereocenters. The van der Waals surface area contributed by atoms with Crippen molar-refractivity contribution in [3.8, 4) is 0 Å². The van der Waals surface area contributed by atoms with Crippen LogP contribution in [0.25, 0.3) is 0 Å². The van der Waals surface area contributed by atoms with E-state index in [2.05, 4.69) is 27.3 Å². The standard InChI is InChI=1S/C39H52N6O13/c1-21(2)15-27(35(50)43-14-10-12-28(43)38(54)55)41-34(49)29-16-22(3)20-44(29)36(51)31(39(4,5)6)42-33(48)26(11-8-9-13-30(46)58-7)40-32(47)23-17-24(37(52)53)19-25(18-23)45(56)57/h9,13,17-19,21,26-29,31H,3,8,10-12,14-16,20H2,1-2,4-7H3,(H,40,47)(H,41,49)(H,42,48)(H,52,53)(H,54,55)/b13-9+/t26?,27?,28-,29-,31?/m0/s1. The van der Waals surface area contributed by atoms with Gasteiger partial charge in [0.25, 0.3) is 11.6 Å². The highest BCUT2D eigenvalue weighted by atomic mass is 16.6. The second kappa shape index (κ2) is 19.8. The van der Waals surface area contributed by atoms with E-state index >= 15 is 0 Å². The van der Waals surface area contributed by atoms with Gasteiger partial charge in [-0.15, -0.1) is 0 Å². The number of benzene rings is 1. The molecule has 0 aliphatic carbocycles. The number of carboxylic acids is 2. The van der Waals surface area contributed by atoms with Crippen LogP contribution in [0.1, 0.15) is 93.9 Å². The van der Waals surface area contributed by atoms with Crippen molar-refractivity contribution in [3.05, 3.63) is 63.7 Å². The maximum absolute atomic E-state index is 14.4. The number of nitrogens with one attached hydrogen (secondary N) is 3. The number of methoxy groups -OCH3 is 1. The van der Waals surface area contributed by atoms with Gasteiger partial charge in [-0.25, -0.2) is 14.4 Å². The van der Waals surface area contributed by atoms with Crippen LogP contribution in [0, 0.1) is 21.4 Å². The molecule has 3 rings (SSSR count). The van der Waals surface area contributed by atoms with Crippen molar-refractivity contribution >= 4 is 53.1 Å². The first-order valence-corrected chi connectivity index (χ1v) is 18.7. The molecule has 5 atom stereocenters. The lowest BCUT2D eigenvalue weighted by atomic mass is 9.85. The molecule has 5 N–H and O–H groups in total. The van der Waals surface area contributed by atoms with E-state index in [0.29, 0.717) is 12.0 Å². The largest absolute Gasteiger partial charge is 0.480 e. The number of nitro benzene ring substituents is 1. The minimum atomic E-state index is -1.54. The lowest BCUT2D eigenvalue weighted by Gasteiger charge is -2.36. The number of carbonyl (C=O) groups is 8. The van der Waals surface area contributed by atoms with Crippen LogP contribution in [0.15, 0.2) is 42.5 Å². The van der Waals surface area contributed by atoms with Crippen LogP contribution in [0.5, 0.6) is 0 Å². The molecule has 2 aliphatic rings. The smallest absolute Gasteiger partial charge is 0.335 e. The Morgan fingerprint density at radius 3 is 2.19 bits per heavy atom. The Bertz CT molecular complexity index is 1820. The fourth-order valence-corrected chi connectivity index (χ4v) is 6.76. The van der Waals surface area contributed by atoms with Gasteiger partial charge in [-0.3, -0.25) is 34.1 Å². The van der Waals surface area contributed by atoms with Gasteiger partial charge in [-0.2, -0.15) is 0 Å². The lowest BCUT2D eigenvalue weighted by molar-refractivity contribution is -0.384. The Kier molecular flexibility index (Phi) is 15.8. The molecule has 1 aromatic carbocycles. The fraction of sp³-hybridized carbons (Fsp3) is 0.538. The van der Waals surface area contributed by atoms with Crippen molar-refractivity contribution in [3.63, 3.8) is 0 Å². The first-order chi connectivity index (χ1) is 27.0. The summed E-state index contributed by atoms with van der Waals surface area (Å²) >= 11 is 0. The van der Waals surface area contributed by atoms with Crippen LogP contribution in [0.4, 0.5) is 5.69 Å². The summed E-state index contributed by atoms with van der Waals surface area (Å²) in [5.74, 6) is -7.25. The number of rotatable bonds is 17. The Labute approximate surface area is 335 Å². The van der Waals surface area contributed by atoms with Gasteiger partial charge in [-0.1, -0.05) is 52.8 Å². The topological polar surface area (TPSA) is 272 Å². The number of hydrogen-bond acceptors (Lipinski definition) is 11. The third-order valence-electron chi connectivity index (χ3n) is 9.72. The molecule has 2 aliphatic heterocycles. The van der Waals surface area contributed by atoms with Gasteiger partial charge >= 0.3 is 17.9 Å². The summed E-state index contributed by atoms with van der Waals surface area (Å²) in [6, 6.07) is -3.49. The van der Waals surface area contributed by atoms with Gasteiger partial charge in [0, 0.05) is 36.9 Å². The number of carbonyl (C=O) groups excluding carboxylic acids is 6. The maximum atomic E-state index is 14.4. The van der Waals surface area contributed by atoms with E-state index in [0.717, 1.165) is 31.4 Å².